The maximum absolute atomic E-state index is 12.0. The van der Waals surface area contributed by atoms with Crippen molar-refractivity contribution >= 4 is 10.2 Å². The van der Waals surface area contributed by atoms with Crippen molar-refractivity contribution in [1.29, 1.82) is 5.26 Å². The zero-order valence-corrected chi connectivity index (χ0v) is 10.9. The van der Waals surface area contributed by atoms with E-state index in [4.69, 9.17) is 0 Å². The molecule has 92 valence electrons. The van der Waals surface area contributed by atoms with Gasteiger partial charge < -0.3 is 0 Å². The Hall–Kier alpha value is -0.640. The van der Waals surface area contributed by atoms with E-state index in [1.54, 1.807) is 0 Å². The van der Waals surface area contributed by atoms with Gasteiger partial charge in [0.2, 0.25) is 0 Å². The molecular weight excluding hydrogens is 226 g/mol. The molecular formula is C10H19N3O2S. The third-order valence-corrected chi connectivity index (χ3v) is 5.26. The Morgan fingerprint density at radius 1 is 1.12 bits per heavy atom. The molecule has 16 heavy (non-hydrogen) atoms. The highest BCUT2D eigenvalue weighted by atomic mass is 32.2. The minimum atomic E-state index is -3.50. The summed E-state index contributed by atoms with van der Waals surface area (Å²) in [6.07, 6.45) is 4.18. The topological polar surface area (TPSA) is 64.4 Å². The van der Waals surface area contributed by atoms with Crippen LogP contribution in [0, 0.1) is 11.3 Å². The minimum absolute atomic E-state index is 0.632. The summed E-state index contributed by atoms with van der Waals surface area (Å²) in [6, 6.07) is 2.20. The first-order chi connectivity index (χ1) is 7.37. The number of hydrogen-bond donors (Lipinski definition) is 0. The van der Waals surface area contributed by atoms with Crippen molar-refractivity contribution in [2.75, 3.05) is 21.1 Å². The largest absolute Gasteiger partial charge is 0.282 e. The molecule has 0 heterocycles. The maximum atomic E-state index is 12.0. The van der Waals surface area contributed by atoms with Crippen LogP contribution in [-0.2, 0) is 10.2 Å². The Kier molecular flexibility index (Phi) is 3.94. The van der Waals surface area contributed by atoms with Crippen LogP contribution in [0.2, 0.25) is 0 Å². The molecule has 0 radical (unpaired) electrons. The van der Waals surface area contributed by atoms with Gasteiger partial charge in [0.05, 0.1) is 6.07 Å². The molecule has 0 N–H and O–H groups in total. The molecule has 0 amide bonds. The molecule has 0 aliphatic heterocycles. The molecule has 0 atom stereocenters. The Bertz CT molecular complexity index is 377. The molecule has 0 unspecified atom stereocenters. The van der Waals surface area contributed by atoms with Crippen molar-refractivity contribution < 1.29 is 8.42 Å². The molecule has 1 aliphatic carbocycles. The van der Waals surface area contributed by atoms with Crippen LogP contribution < -0.4 is 0 Å². The first-order valence-electron chi connectivity index (χ1n) is 5.44. The normalized spacial score (nSPS) is 21.0. The first-order valence-corrected chi connectivity index (χ1v) is 6.84. The van der Waals surface area contributed by atoms with Crippen LogP contribution in [0.4, 0.5) is 0 Å². The van der Waals surface area contributed by atoms with Crippen molar-refractivity contribution in [2.45, 2.75) is 37.6 Å². The zero-order valence-electron chi connectivity index (χ0n) is 10.1. The van der Waals surface area contributed by atoms with Gasteiger partial charge in [-0.05, 0) is 12.8 Å². The summed E-state index contributed by atoms with van der Waals surface area (Å²) in [5, 5.41) is 9.28. The molecule has 0 bridgehead atoms. The van der Waals surface area contributed by atoms with E-state index in [0.29, 0.717) is 12.8 Å². The van der Waals surface area contributed by atoms with Gasteiger partial charge >= 0.3 is 0 Å². The fourth-order valence-electron chi connectivity index (χ4n) is 2.10. The highest BCUT2D eigenvalue weighted by Gasteiger charge is 2.43. The van der Waals surface area contributed by atoms with Gasteiger partial charge in [-0.2, -0.15) is 22.3 Å². The maximum Gasteiger partial charge on any atom is 0.282 e. The second-order valence-electron chi connectivity index (χ2n) is 4.46. The van der Waals surface area contributed by atoms with E-state index < -0.39 is 15.7 Å². The van der Waals surface area contributed by atoms with Crippen LogP contribution >= 0.6 is 0 Å². The fraction of sp³-hybridized carbons (Fsp3) is 0.900. The second-order valence-corrected chi connectivity index (χ2v) is 6.64. The van der Waals surface area contributed by atoms with E-state index in [1.165, 1.54) is 25.4 Å². The van der Waals surface area contributed by atoms with Crippen LogP contribution in [0.25, 0.3) is 0 Å². The lowest BCUT2D eigenvalue weighted by Crippen LogP contribution is -2.53. The lowest BCUT2D eigenvalue weighted by Gasteiger charge is -2.38. The van der Waals surface area contributed by atoms with Crippen LogP contribution in [0.1, 0.15) is 32.1 Å². The van der Waals surface area contributed by atoms with Crippen LogP contribution in [-0.4, -0.2) is 43.7 Å². The Balaban J connectivity index is 3.02. The highest BCUT2D eigenvalue weighted by molar-refractivity contribution is 7.86. The van der Waals surface area contributed by atoms with Crippen molar-refractivity contribution in [1.82, 2.24) is 8.61 Å². The third kappa shape index (κ3) is 2.21. The number of nitrogens with zero attached hydrogens (tertiary/aromatic N) is 3. The number of hydrogen-bond acceptors (Lipinski definition) is 3. The Morgan fingerprint density at radius 2 is 1.62 bits per heavy atom. The van der Waals surface area contributed by atoms with Gasteiger partial charge in [-0.3, -0.25) is 0 Å². The van der Waals surface area contributed by atoms with Crippen LogP contribution in [0.5, 0.6) is 0 Å². The zero-order chi connectivity index (χ0) is 12.4. The molecule has 1 fully saturated rings. The molecule has 0 spiro atoms. The summed E-state index contributed by atoms with van der Waals surface area (Å²) >= 11 is 0. The predicted octanol–water partition coefficient (Wildman–Crippen LogP) is 0.951. The highest BCUT2D eigenvalue weighted by Crippen LogP contribution is 2.34. The molecule has 1 aliphatic rings. The van der Waals surface area contributed by atoms with E-state index in [0.717, 1.165) is 23.6 Å². The average molecular weight is 245 g/mol. The quantitative estimate of drug-likeness (QED) is 0.743. The smallest absolute Gasteiger partial charge is 0.196 e. The summed E-state index contributed by atoms with van der Waals surface area (Å²) < 4.78 is 26.4. The standard InChI is InChI=1S/C10H19N3O2S/c1-12(2)16(14,15)13(3)10(9-11)7-5-4-6-8-10/h4-8H2,1-3H3. The number of rotatable bonds is 3. The van der Waals surface area contributed by atoms with E-state index >= 15 is 0 Å². The summed E-state index contributed by atoms with van der Waals surface area (Å²) in [4.78, 5) is 0. The summed E-state index contributed by atoms with van der Waals surface area (Å²) in [5.74, 6) is 0. The Morgan fingerprint density at radius 3 is 2.00 bits per heavy atom. The lowest BCUT2D eigenvalue weighted by molar-refractivity contribution is 0.204. The van der Waals surface area contributed by atoms with Crippen LogP contribution in [0.15, 0.2) is 0 Å². The van der Waals surface area contributed by atoms with Crippen molar-refractivity contribution in [2.24, 2.45) is 0 Å². The molecule has 1 rings (SSSR count). The molecule has 5 nitrogen and oxygen atoms in total. The van der Waals surface area contributed by atoms with Gasteiger partial charge in [0.25, 0.3) is 10.2 Å². The molecule has 0 aromatic carbocycles. The van der Waals surface area contributed by atoms with E-state index in [1.807, 2.05) is 0 Å². The van der Waals surface area contributed by atoms with Gasteiger partial charge in [-0.25, -0.2) is 0 Å². The summed E-state index contributed by atoms with van der Waals surface area (Å²) in [5.41, 5.74) is -0.846. The number of nitriles is 1. The second kappa shape index (κ2) is 4.70. The van der Waals surface area contributed by atoms with Gasteiger partial charge in [0.1, 0.15) is 5.54 Å². The molecule has 0 aromatic rings. The van der Waals surface area contributed by atoms with E-state index in [-0.39, 0.29) is 0 Å². The monoisotopic (exact) mass is 245 g/mol. The molecule has 0 aromatic heterocycles. The SMILES string of the molecule is CN(C)S(=O)(=O)N(C)C1(C#N)CCCCC1. The summed E-state index contributed by atoms with van der Waals surface area (Å²) in [6.45, 7) is 0. The Labute approximate surface area is 97.8 Å². The van der Waals surface area contributed by atoms with Crippen LogP contribution in [0.3, 0.4) is 0 Å². The molecule has 0 saturated heterocycles. The predicted molar refractivity (Wildman–Crippen MR) is 61.8 cm³/mol. The molecule has 1 saturated carbocycles. The third-order valence-electron chi connectivity index (χ3n) is 3.30. The van der Waals surface area contributed by atoms with Crippen molar-refractivity contribution in [3.05, 3.63) is 0 Å². The summed E-state index contributed by atoms with van der Waals surface area (Å²) in [7, 11) is 0.973. The van der Waals surface area contributed by atoms with Gasteiger partial charge in [-0.1, -0.05) is 19.3 Å². The molecule has 6 heteroatoms. The lowest BCUT2D eigenvalue weighted by atomic mass is 9.83. The van der Waals surface area contributed by atoms with E-state index in [2.05, 4.69) is 6.07 Å². The van der Waals surface area contributed by atoms with Gasteiger partial charge in [-0.15, -0.1) is 0 Å². The first kappa shape index (κ1) is 13.4. The van der Waals surface area contributed by atoms with E-state index in [9.17, 15) is 13.7 Å². The van der Waals surface area contributed by atoms with Gasteiger partial charge in [0.15, 0.2) is 0 Å². The fourth-order valence-corrected chi connectivity index (χ4v) is 3.25. The van der Waals surface area contributed by atoms with Gasteiger partial charge in [0, 0.05) is 21.1 Å². The van der Waals surface area contributed by atoms with Crippen molar-refractivity contribution in [3.8, 4) is 6.07 Å². The average Bonchev–Trinajstić information content (AvgIpc) is 2.28. The van der Waals surface area contributed by atoms with Crippen molar-refractivity contribution in [3.63, 3.8) is 0 Å². The minimum Gasteiger partial charge on any atom is -0.196 e.